The zero-order valence-electron chi connectivity index (χ0n) is 18.5. The summed E-state index contributed by atoms with van der Waals surface area (Å²) in [7, 11) is 1.68. The van der Waals surface area contributed by atoms with Crippen LogP contribution >= 0.6 is 0 Å². The summed E-state index contributed by atoms with van der Waals surface area (Å²) in [6.45, 7) is 0.119. The minimum absolute atomic E-state index is 0.00399. The van der Waals surface area contributed by atoms with Crippen molar-refractivity contribution in [1.82, 2.24) is 9.91 Å². The topological polar surface area (TPSA) is 71.4 Å². The highest BCUT2D eigenvalue weighted by Gasteiger charge is 2.35. The van der Waals surface area contributed by atoms with Gasteiger partial charge in [-0.3, -0.25) is 9.59 Å². The molecule has 2 aromatic carbocycles. The van der Waals surface area contributed by atoms with Crippen molar-refractivity contribution in [3.63, 3.8) is 0 Å². The number of nitrogens with zero attached hydrogens (tertiary/aromatic N) is 3. The van der Waals surface area contributed by atoms with Crippen molar-refractivity contribution < 1.29 is 23.5 Å². The number of hydrazone groups is 1. The number of hydrogen-bond donors (Lipinski definition) is 0. The molecule has 0 bridgehead atoms. The Kier molecular flexibility index (Phi) is 5.74. The van der Waals surface area contributed by atoms with Gasteiger partial charge in [-0.05, 0) is 48.2 Å². The van der Waals surface area contributed by atoms with Crippen LogP contribution in [0.1, 0.15) is 49.3 Å². The molecule has 33 heavy (non-hydrogen) atoms. The Labute approximate surface area is 191 Å². The van der Waals surface area contributed by atoms with Gasteiger partial charge in [0, 0.05) is 19.4 Å². The quantitative estimate of drug-likeness (QED) is 0.692. The minimum atomic E-state index is -0.359. The maximum Gasteiger partial charge on any atom is 0.262 e. The van der Waals surface area contributed by atoms with E-state index in [0.717, 1.165) is 36.8 Å². The van der Waals surface area contributed by atoms with E-state index >= 15 is 0 Å². The molecule has 0 spiro atoms. The number of halogens is 1. The molecule has 0 N–H and O–H groups in total. The molecule has 172 valence electrons. The summed E-state index contributed by atoms with van der Waals surface area (Å²) in [5.74, 6) is 0.722. The van der Waals surface area contributed by atoms with Crippen LogP contribution in [0.4, 0.5) is 4.39 Å². The summed E-state index contributed by atoms with van der Waals surface area (Å²) >= 11 is 0. The number of amides is 2. The predicted molar refractivity (Wildman–Crippen MR) is 119 cm³/mol. The Hall–Kier alpha value is -3.42. The van der Waals surface area contributed by atoms with Gasteiger partial charge < -0.3 is 14.4 Å². The van der Waals surface area contributed by atoms with E-state index in [1.54, 1.807) is 19.2 Å². The molecule has 1 saturated carbocycles. The number of ether oxygens (including phenoxy) is 2. The fourth-order valence-corrected chi connectivity index (χ4v) is 4.77. The Bertz CT molecular complexity index is 1100. The summed E-state index contributed by atoms with van der Waals surface area (Å²) in [6, 6.07) is 11.3. The summed E-state index contributed by atoms with van der Waals surface area (Å²) in [6.07, 6.45) is 4.35. The van der Waals surface area contributed by atoms with E-state index in [1.165, 1.54) is 22.0 Å². The molecule has 0 unspecified atom stereocenters. The average Bonchev–Trinajstić information content (AvgIpc) is 3.59. The molecule has 5 rings (SSSR count). The monoisotopic (exact) mass is 451 g/mol. The fraction of sp³-hybridized carbons (Fsp3) is 0.400. The smallest absolute Gasteiger partial charge is 0.262 e. The molecule has 2 aromatic rings. The van der Waals surface area contributed by atoms with Crippen molar-refractivity contribution in [2.75, 3.05) is 20.4 Å². The Balaban J connectivity index is 1.40. The zero-order valence-corrected chi connectivity index (χ0v) is 18.5. The maximum atomic E-state index is 13.4. The predicted octanol–water partition coefficient (Wildman–Crippen LogP) is 3.88. The first kappa shape index (κ1) is 21.4. The summed E-state index contributed by atoms with van der Waals surface area (Å²) in [4.78, 5) is 27.6. The van der Waals surface area contributed by atoms with Crippen LogP contribution in [-0.4, -0.2) is 47.8 Å². The van der Waals surface area contributed by atoms with E-state index in [0.29, 0.717) is 23.6 Å². The van der Waals surface area contributed by atoms with Crippen molar-refractivity contribution in [3.8, 4) is 11.5 Å². The minimum Gasteiger partial charge on any atom is -0.454 e. The van der Waals surface area contributed by atoms with Gasteiger partial charge in [0.25, 0.3) is 5.91 Å². The van der Waals surface area contributed by atoms with E-state index < -0.39 is 0 Å². The third-order valence-corrected chi connectivity index (χ3v) is 6.58. The molecule has 0 saturated heterocycles. The molecule has 2 heterocycles. The number of benzene rings is 2. The standard InChI is InChI=1S/C25H26FN3O4/c1-28(25(31)17-4-2-3-5-17)14-24(30)29-21(18-8-11-22-23(12-18)33-15-32-22)13-20(27-29)16-6-9-19(26)10-7-16/h6-12,17,21H,2-5,13-15H2,1H3/t21-/m0/s1. The third-order valence-electron chi connectivity index (χ3n) is 6.58. The normalized spacial score (nSPS) is 19.6. The summed E-state index contributed by atoms with van der Waals surface area (Å²) < 4.78 is 24.3. The lowest BCUT2D eigenvalue weighted by atomic mass is 9.98. The van der Waals surface area contributed by atoms with E-state index in [9.17, 15) is 14.0 Å². The SMILES string of the molecule is CN(CC(=O)N1N=C(c2ccc(F)cc2)C[C@H]1c1ccc2c(c1)OCO2)C(=O)C1CCCC1. The van der Waals surface area contributed by atoms with Crippen molar-refractivity contribution in [1.29, 1.82) is 0 Å². The first-order valence-corrected chi connectivity index (χ1v) is 11.3. The van der Waals surface area contributed by atoms with Gasteiger partial charge in [-0.25, -0.2) is 9.40 Å². The number of carbonyl (C=O) groups excluding carboxylic acids is 2. The molecule has 3 aliphatic rings. The largest absolute Gasteiger partial charge is 0.454 e. The van der Waals surface area contributed by atoms with Gasteiger partial charge in [-0.15, -0.1) is 0 Å². The van der Waals surface area contributed by atoms with Gasteiger partial charge in [0.15, 0.2) is 11.5 Å². The molecule has 7 nitrogen and oxygen atoms in total. The van der Waals surface area contributed by atoms with Crippen LogP contribution in [0.15, 0.2) is 47.6 Å². The van der Waals surface area contributed by atoms with Gasteiger partial charge in [0.2, 0.25) is 12.7 Å². The molecule has 0 radical (unpaired) electrons. The van der Waals surface area contributed by atoms with Crippen LogP contribution in [0.3, 0.4) is 0 Å². The lowest BCUT2D eigenvalue weighted by Crippen LogP contribution is -2.41. The molecule has 0 aromatic heterocycles. The van der Waals surface area contributed by atoms with Gasteiger partial charge >= 0.3 is 0 Å². The van der Waals surface area contributed by atoms with Crippen LogP contribution in [-0.2, 0) is 9.59 Å². The molecule has 1 atom stereocenters. The lowest BCUT2D eigenvalue weighted by molar-refractivity contribution is -0.142. The first-order valence-electron chi connectivity index (χ1n) is 11.3. The summed E-state index contributed by atoms with van der Waals surface area (Å²) in [5.41, 5.74) is 2.31. The summed E-state index contributed by atoms with van der Waals surface area (Å²) in [5, 5.41) is 6.07. The average molecular weight is 451 g/mol. The van der Waals surface area contributed by atoms with Gasteiger partial charge in [-0.2, -0.15) is 5.10 Å². The van der Waals surface area contributed by atoms with Gasteiger partial charge in [-0.1, -0.05) is 31.0 Å². The van der Waals surface area contributed by atoms with E-state index in [2.05, 4.69) is 5.10 Å². The van der Waals surface area contributed by atoms with Crippen LogP contribution in [0.5, 0.6) is 11.5 Å². The number of likely N-dealkylation sites (N-methyl/N-ethyl adjacent to an activating group) is 1. The van der Waals surface area contributed by atoms with E-state index in [-0.39, 0.29) is 42.9 Å². The van der Waals surface area contributed by atoms with Crippen LogP contribution < -0.4 is 9.47 Å². The molecule has 8 heteroatoms. The lowest BCUT2D eigenvalue weighted by Gasteiger charge is -2.26. The second-order valence-corrected chi connectivity index (χ2v) is 8.80. The number of fused-ring (bicyclic) bond motifs is 1. The molecular formula is C25H26FN3O4. The molecular weight excluding hydrogens is 425 g/mol. The van der Waals surface area contributed by atoms with E-state index in [1.807, 2.05) is 18.2 Å². The van der Waals surface area contributed by atoms with Gasteiger partial charge in [0.1, 0.15) is 12.4 Å². The third kappa shape index (κ3) is 4.29. The molecule has 2 aliphatic heterocycles. The number of rotatable bonds is 5. The second-order valence-electron chi connectivity index (χ2n) is 8.80. The number of carbonyl (C=O) groups is 2. The Morgan fingerprint density at radius 3 is 2.58 bits per heavy atom. The van der Waals surface area contributed by atoms with Crippen molar-refractivity contribution in [2.24, 2.45) is 11.0 Å². The van der Waals surface area contributed by atoms with Crippen molar-refractivity contribution >= 4 is 17.5 Å². The van der Waals surface area contributed by atoms with Crippen LogP contribution in [0, 0.1) is 11.7 Å². The van der Waals surface area contributed by atoms with Crippen LogP contribution in [0.2, 0.25) is 0 Å². The van der Waals surface area contributed by atoms with Crippen molar-refractivity contribution in [3.05, 3.63) is 59.4 Å². The van der Waals surface area contributed by atoms with Crippen molar-refractivity contribution in [2.45, 2.75) is 38.1 Å². The second kappa shape index (κ2) is 8.84. The molecule has 1 aliphatic carbocycles. The number of hydrogen-bond acceptors (Lipinski definition) is 5. The zero-order chi connectivity index (χ0) is 22.9. The highest BCUT2D eigenvalue weighted by atomic mass is 19.1. The van der Waals surface area contributed by atoms with Gasteiger partial charge in [0.05, 0.1) is 11.8 Å². The van der Waals surface area contributed by atoms with E-state index in [4.69, 9.17) is 9.47 Å². The Morgan fingerprint density at radius 1 is 1.09 bits per heavy atom. The highest BCUT2D eigenvalue weighted by Crippen LogP contribution is 2.39. The molecule has 2 amide bonds. The maximum absolute atomic E-state index is 13.4. The highest BCUT2D eigenvalue weighted by molar-refractivity contribution is 6.03. The Morgan fingerprint density at radius 2 is 1.82 bits per heavy atom. The van der Waals surface area contributed by atoms with Crippen LogP contribution in [0.25, 0.3) is 0 Å². The first-order chi connectivity index (χ1) is 16.0. The molecule has 1 fully saturated rings. The fourth-order valence-electron chi connectivity index (χ4n) is 4.77.